The van der Waals surface area contributed by atoms with E-state index in [1.165, 1.54) is 0 Å². The Bertz CT molecular complexity index is 353. The van der Waals surface area contributed by atoms with Crippen molar-refractivity contribution in [2.75, 3.05) is 0 Å². The van der Waals surface area contributed by atoms with Crippen molar-refractivity contribution in [3.8, 4) is 0 Å². The van der Waals surface area contributed by atoms with Gasteiger partial charge in [-0.1, -0.05) is 11.6 Å². The van der Waals surface area contributed by atoms with Gasteiger partial charge in [-0.05, 0) is 18.2 Å². The summed E-state index contributed by atoms with van der Waals surface area (Å²) in [5.41, 5.74) is 0.948. The van der Waals surface area contributed by atoms with E-state index in [1.54, 1.807) is 10.7 Å². The van der Waals surface area contributed by atoms with Crippen LogP contribution in [-0.2, 0) is 0 Å². The van der Waals surface area contributed by atoms with Gasteiger partial charge in [0, 0.05) is 6.20 Å². The van der Waals surface area contributed by atoms with Gasteiger partial charge in [-0.2, -0.15) is 5.10 Å². The number of fused-ring (bicyclic) bond motifs is 1. The molecule has 0 fully saturated rings. The molecule has 0 saturated heterocycles. The van der Waals surface area contributed by atoms with Crippen LogP contribution < -0.4 is 0 Å². The Balaban J connectivity index is 2.95. The molecule has 0 aliphatic rings. The Hall–Kier alpha value is -1.02. The average molecular weight is 153 g/mol. The van der Waals surface area contributed by atoms with Crippen molar-refractivity contribution in [2.24, 2.45) is 0 Å². The van der Waals surface area contributed by atoms with Crippen molar-refractivity contribution < 1.29 is 0 Å². The molecule has 0 saturated carbocycles. The van der Waals surface area contributed by atoms with Crippen molar-refractivity contribution in [1.82, 2.24) is 9.61 Å². The van der Waals surface area contributed by atoms with Crippen LogP contribution in [0.5, 0.6) is 0 Å². The summed E-state index contributed by atoms with van der Waals surface area (Å²) in [6.45, 7) is 0. The van der Waals surface area contributed by atoms with Crippen molar-refractivity contribution >= 4 is 17.1 Å². The highest BCUT2D eigenvalue weighted by atomic mass is 35.5. The molecule has 0 unspecified atom stereocenters. The Morgan fingerprint density at radius 3 is 3.10 bits per heavy atom. The fraction of sp³-hybridized carbons (Fsp3) is 0. The summed E-state index contributed by atoms with van der Waals surface area (Å²) in [5.74, 6) is 0. The average Bonchev–Trinajstić information content (AvgIpc) is 2.36. The van der Waals surface area contributed by atoms with Crippen molar-refractivity contribution in [2.45, 2.75) is 0 Å². The van der Waals surface area contributed by atoms with Gasteiger partial charge < -0.3 is 0 Å². The third-order valence-electron chi connectivity index (χ3n) is 1.38. The van der Waals surface area contributed by atoms with Crippen LogP contribution in [0, 0.1) is 0 Å². The third kappa shape index (κ3) is 0.693. The maximum Gasteiger partial charge on any atom is 0.0847 e. The maximum atomic E-state index is 5.84. The number of aromatic nitrogens is 2. The van der Waals surface area contributed by atoms with E-state index in [4.69, 9.17) is 11.6 Å². The number of rotatable bonds is 0. The first-order valence-corrected chi connectivity index (χ1v) is 3.33. The maximum absolute atomic E-state index is 5.84. The highest BCUT2D eigenvalue weighted by molar-refractivity contribution is 6.33. The second-order valence-corrected chi connectivity index (χ2v) is 2.42. The lowest BCUT2D eigenvalue weighted by Crippen LogP contribution is -1.83. The van der Waals surface area contributed by atoms with Gasteiger partial charge in [0.1, 0.15) is 0 Å². The molecule has 10 heavy (non-hydrogen) atoms. The summed E-state index contributed by atoms with van der Waals surface area (Å²) in [7, 11) is 0. The van der Waals surface area contributed by atoms with Crippen molar-refractivity contribution in [1.29, 1.82) is 0 Å². The smallest absolute Gasteiger partial charge is 0.0847 e. The summed E-state index contributed by atoms with van der Waals surface area (Å²) >= 11 is 5.84. The lowest BCUT2D eigenvalue weighted by Gasteiger charge is -1.92. The fourth-order valence-electron chi connectivity index (χ4n) is 0.917. The monoisotopic (exact) mass is 152 g/mol. The number of hydrogen-bond acceptors (Lipinski definition) is 1. The minimum atomic E-state index is 0.736. The van der Waals surface area contributed by atoms with Crippen molar-refractivity contribution in [3.63, 3.8) is 0 Å². The molecular weight excluding hydrogens is 148 g/mol. The number of pyridine rings is 1. The minimum absolute atomic E-state index is 0.736. The second kappa shape index (κ2) is 1.99. The molecule has 0 atom stereocenters. The van der Waals surface area contributed by atoms with E-state index in [0.29, 0.717) is 0 Å². The largest absolute Gasteiger partial charge is 0.239 e. The van der Waals surface area contributed by atoms with Gasteiger partial charge >= 0.3 is 0 Å². The fourth-order valence-corrected chi connectivity index (χ4v) is 1.14. The van der Waals surface area contributed by atoms with E-state index in [2.05, 4.69) is 5.10 Å². The zero-order chi connectivity index (χ0) is 6.97. The van der Waals surface area contributed by atoms with Crippen LogP contribution in [0.25, 0.3) is 5.52 Å². The molecule has 0 aliphatic carbocycles. The molecule has 0 N–H and O–H groups in total. The Labute approximate surface area is 63.0 Å². The number of hydrogen-bond donors (Lipinski definition) is 0. The van der Waals surface area contributed by atoms with Gasteiger partial charge in [-0.3, -0.25) is 0 Å². The van der Waals surface area contributed by atoms with Crippen LogP contribution in [-0.4, -0.2) is 9.61 Å². The van der Waals surface area contributed by atoms with E-state index in [-0.39, 0.29) is 0 Å². The molecule has 2 nitrogen and oxygen atoms in total. The molecule has 2 rings (SSSR count). The van der Waals surface area contributed by atoms with Gasteiger partial charge in [0.15, 0.2) is 0 Å². The van der Waals surface area contributed by atoms with Crippen molar-refractivity contribution in [3.05, 3.63) is 35.6 Å². The molecule has 0 aromatic carbocycles. The van der Waals surface area contributed by atoms with E-state index >= 15 is 0 Å². The first-order chi connectivity index (χ1) is 4.88. The van der Waals surface area contributed by atoms with Crippen LogP contribution in [0.1, 0.15) is 0 Å². The Morgan fingerprint density at radius 1 is 1.40 bits per heavy atom. The number of nitrogens with zero attached hydrogens (tertiary/aromatic N) is 2. The van der Waals surface area contributed by atoms with Gasteiger partial charge in [0.2, 0.25) is 0 Å². The Kier molecular flexibility index (Phi) is 1.14. The summed E-state index contributed by atoms with van der Waals surface area (Å²) in [6, 6.07) is 5.59. The predicted molar refractivity (Wildman–Crippen MR) is 40.2 cm³/mol. The molecule has 2 aromatic rings. The molecule has 50 valence electrons. The number of halogens is 1. The molecule has 0 radical (unpaired) electrons. The zero-order valence-corrected chi connectivity index (χ0v) is 5.92. The van der Waals surface area contributed by atoms with Crippen LogP contribution in [0.4, 0.5) is 0 Å². The predicted octanol–water partition coefficient (Wildman–Crippen LogP) is 1.99. The SMILES string of the molecule is Clc1cccn2nccc12. The van der Waals surface area contributed by atoms with Crippen LogP contribution in [0.2, 0.25) is 5.02 Å². The molecule has 0 aliphatic heterocycles. The zero-order valence-electron chi connectivity index (χ0n) is 5.16. The molecule has 0 spiro atoms. The van der Waals surface area contributed by atoms with Gasteiger partial charge in [-0.15, -0.1) is 0 Å². The van der Waals surface area contributed by atoms with E-state index in [0.717, 1.165) is 10.5 Å². The van der Waals surface area contributed by atoms with Crippen LogP contribution >= 0.6 is 11.6 Å². The lowest BCUT2D eigenvalue weighted by atomic mass is 10.4. The highest BCUT2D eigenvalue weighted by Crippen LogP contribution is 2.14. The van der Waals surface area contributed by atoms with Crippen LogP contribution in [0.3, 0.4) is 0 Å². The molecule has 3 heteroatoms. The van der Waals surface area contributed by atoms with E-state index < -0.39 is 0 Å². The van der Waals surface area contributed by atoms with Gasteiger partial charge in [0.25, 0.3) is 0 Å². The molecule has 0 bridgehead atoms. The minimum Gasteiger partial charge on any atom is -0.239 e. The second-order valence-electron chi connectivity index (χ2n) is 2.02. The molecule has 2 heterocycles. The Morgan fingerprint density at radius 2 is 2.30 bits per heavy atom. The quantitative estimate of drug-likeness (QED) is 0.564. The normalized spacial score (nSPS) is 10.5. The lowest BCUT2D eigenvalue weighted by molar-refractivity contribution is 0.961. The van der Waals surface area contributed by atoms with E-state index in [9.17, 15) is 0 Å². The highest BCUT2D eigenvalue weighted by Gasteiger charge is 1.95. The summed E-state index contributed by atoms with van der Waals surface area (Å²) < 4.78 is 1.74. The summed E-state index contributed by atoms with van der Waals surface area (Å²) in [5, 5.41) is 4.75. The molecular formula is C7H5ClN2. The molecule has 0 amide bonds. The van der Waals surface area contributed by atoms with E-state index in [1.807, 2.05) is 24.4 Å². The molecule has 2 aromatic heterocycles. The summed E-state index contributed by atoms with van der Waals surface area (Å²) in [6.07, 6.45) is 3.59. The summed E-state index contributed by atoms with van der Waals surface area (Å²) in [4.78, 5) is 0. The topological polar surface area (TPSA) is 17.3 Å². The van der Waals surface area contributed by atoms with Gasteiger partial charge in [-0.25, -0.2) is 4.52 Å². The standard InChI is InChI=1S/C7H5ClN2/c8-6-2-1-5-10-7(6)3-4-9-10/h1-5H. The third-order valence-corrected chi connectivity index (χ3v) is 1.70. The van der Waals surface area contributed by atoms with Crippen LogP contribution in [0.15, 0.2) is 30.6 Å². The first kappa shape index (κ1) is 5.74. The first-order valence-electron chi connectivity index (χ1n) is 2.96. The van der Waals surface area contributed by atoms with Gasteiger partial charge in [0.05, 0.1) is 16.7 Å².